The number of hydrogen-bond donors (Lipinski definition) is 1. The standard InChI is InChI=1S/C11H10O3/c1-11(13)9(7-10(12)14-11)8-5-3-2-4-6-8/h2-7,13H,1H3/t11-/m0/s1. The topological polar surface area (TPSA) is 46.5 Å². The number of cyclic esters (lactones) is 1. The first kappa shape index (κ1) is 8.97. The van der Waals surface area contributed by atoms with E-state index in [0.717, 1.165) is 5.56 Å². The van der Waals surface area contributed by atoms with Crippen LogP contribution < -0.4 is 0 Å². The third-order valence-electron chi connectivity index (χ3n) is 2.15. The van der Waals surface area contributed by atoms with Crippen molar-refractivity contribution in [1.29, 1.82) is 0 Å². The molecule has 3 heteroatoms. The summed E-state index contributed by atoms with van der Waals surface area (Å²) in [6.07, 6.45) is 1.31. The SMILES string of the molecule is C[C@]1(O)OC(=O)C=C1c1ccccc1. The van der Waals surface area contributed by atoms with Crippen molar-refractivity contribution in [2.24, 2.45) is 0 Å². The fraction of sp³-hybridized carbons (Fsp3) is 0.182. The zero-order valence-corrected chi connectivity index (χ0v) is 7.73. The Morgan fingerprint density at radius 3 is 2.43 bits per heavy atom. The summed E-state index contributed by atoms with van der Waals surface area (Å²) in [5.74, 6) is -2.01. The van der Waals surface area contributed by atoms with Crippen LogP contribution in [0.3, 0.4) is 0 Å². The monoisotopic (exact) mass is 190 g/mol. The third kappa shape index (κ3) is 1.42. The molecule has 0 saturated heterocycles. The number of rotatable bonds is 1. The van der Waals surface area contributed by atoms with Crippen LogP contribution in [0.15, 0.2) is 36.4 Å². The van der Waals surface area contributed by atoms with E-state index in [9.17, 15) is 9.90 Å². The number of esters is 1. The smallest absolute Gasteiger partial charge is 0.334 e. The lowest BCUT2D eigenvalue weighted by atomic mass is 10.0. The Hall–Kier alpha value is -1.61. The van der Waals surface area contributed by atoms with Gasteiger partial charge in [-0.05, 0) is 5.56 Å². The lowest BCUT2D eigenvalue weighted by Crippen LogP contribution is -2.26. The van der Waals surface area contributed by atoms with E-state index in [2.05, 4.69) is 0 Å². The van der Waals surface area contributed by atoms with E-state index in [1.165, 1.54) is 13.0 Å². The highest BCUT2D eigenvalue weighted by Gasteiger charge is 2.37. The Bertz CT molecular complexity index is 390. The molecule has 1 heterocycles. The Labute approximate surface area is 81.6 Å². The fourth-order valence-corrected chi connectivity index (χ4v) is 1.50. The summed E-state index contributed by atoms with van der Waals surface area (Å²) in [7, 11) is 0. The Balaban J connectivity index is 2.45. The van der Waals surface area contributed by atoms with Gasteiger partial charge < -0.3 is 9.84 Å². The molecule has 1 aromatic rings. The van der Waals surface area contributed by atoms with Crippen molar-refractivity contribution in [3.05, 3.63) is 42.0 Å². The highest BCUT2D eigenvalue weighted by Crippen LogP contribution is 2.32. The van der Waals surface area contributed by atoms with Crippen LogP contribution in [0.2, 0.25) is 0 Å². The molecule has 0 aliphatic carbocycles. The van der Waals surface area contributed by atoms with Gasteiger partial charge in [0.25, 0.3) is 0 Å². The molecule has 0 unspecified atom stereocenters. The summed E-state index contributed by atoms with van der Waals surface area (Å²) in [4.78, 5) is 11.0. The number of benzene rings is 1. The molecule has 3 nitrogen and oxygen atoms in total. The average Bonchev–Trinajstić information content (AvgIpc) is 2.41. The van der Waals surface area contributed by atoms with Gasteiger partial charge in [0.15, 0.2) is 0 Å². The minimum Gasteiger partial charge on any atom is -0.426 e. The van der Waals surface area contributed by atoms with Crippen LogP contribution in [0.1, 0.15) is 12.5 Å². The van der Waals surface area contributed by atoms with Crippen LogP contribution in [-0.2, 0) is 9.53 Å². The van der Waals surface area contributed by atoms with Crippen molar-refractivity contribution in [1.82, 2.24) is 0 Å². The van der Waals surface area contributed by atoms with E-state index in [1.54, 1.807) is 0 Å². The van der Waals surface area contributed by atoms with Crippen LogP contribution in [0.5, 0.6) is 0 Å². The van der Waals surface area contributed by atoms with E-state index in [-0.39, 0.29) is 0 Å². The van der Waals surface area contributed by atoms with Crippen molar-refractivity contribution in [3.63, 3.8) is 0 Å². The first-order chi connectivity index (χ1) is 6.59. The maximum absolute atomic E-state index is 11.0. The maximum atomic E-state index is 11.0. The molecule has 0 amide bonds. The third-order valence-corrected chi connectivity index (χ3v) is 2.15. The zero-order valence-electron chi connectivity index (χ0n) is 7.73. The predicted octanol–water partition coefficient (Wildman–Crippen LogP) is 1.34. The van der Waals surface area contributed by atoms with Crippen LogP contribution in [0.25, 0.3) is 5.57 Å². The number of hydrogen-bond acceptors (Lipinski definition) is 3. The molecule has 0 spiro atoms. The maximum Gasteiger partial charge on any atom is 0.334 e. The van der Waals surface area contributed by atoms with Crippen molar-refractivity contribution in [2.45, 2.75) is 12.7 Å². The van der Waals surface area contributed by atoms with Crippen molar-refractivity contribution in [3.8, 4) is 0 Å². The summed E-state index contributed by atoms with van der Waals surface area (Å²) < 4.78 is 4.74. The first-order valence-electron chi connectivity index (χ1n) is 4.32. The van der Waals surface area contributed by atoms with Crippen LogP contribution in [0.4, 0.5) is 0 Å². The van der Waals surface area contributed by atoms with E-state index < -0.39 is 11.8 Å². The molecule has 0 bridgehead atoms. The fourth-order valence-electron chi connectivity index (χ4n) is 1.50. The molecule has 0 saturated carbocycles. The quantitative estimate of drug-likeness (QED) is 0.679. The molecule has 72 valence electrons. The molecule has 1 aromatic carbocycles. The van der Waals surface area contributed by atoms with Crippen molar-refractivity contribution in [2.75, 3.05) is 0 Å². The highest BCUT2D eigenvalue weighted by atomic mass is 16.7. The first-order valence-corrected chi connectivity index (χ1v) is 4.32. The van der Waals surface area contributed by atoms with Gasteiger partial charge in [0, 0.05) is 18.6 Å². The molecule has 1 N–H and O–H groups in total. The second-order valence-electron chi connectivity index (χ2n) is 3.33. The molecular formula is C11H10O3. The lowest BCUT2D eigenvalue weighted by Gasteiger charge is -2.19. The van der Waals surface area contributed by atoms with Gasteiger partial charge in [-0.3, -0.25) is 0 Å². The largest absolute Gasteiger partial charge is 0.426 e. The summed E-state index contributed by atoms with van der Waals surface area (Å²) in [5, 5.41) is 9.77. The second-order valence-corrected chi connectivity index (χ2v) is 3.33. The van der Waals surface area contributed by atoms with Gasteiger partial charge in [-0.1, -0.05) is 30.3 Å². The van der Waals surface area contributed by atoms with Gasteiger partial charge in [-0.25, -0.2) is 4.79 Å². The van der Waals surface area contributed by atoms with Crippen molar-refractivity contribution >= 4 is 11.5 Å². The van der Waals surface area contributed by atoms with Gasteiger partial charge in [0.2, 0.25) is 5.79 Å². The minimum absolute atomic E-state index is 0.503. The lowest BCUT2D eigenvalue weighted by molar-refractivity contribution is -0.169. The minimum atomic E-state index is -1.50. The average molecular weight is 190 g/mol. The van der Waals surface area contributed by atoms with Crippen LogP contribution in [0, 0.1) is 0 Å². The molecule has 0 radical (unpaired) electrons. The molecule has 0 fully saturated rings. The summed E-state index contributed by atoms with van der Waals surface area (Å²) in [6, 6.07) is 9.20. The molecule has 1 atom stereocenters. The van der Waals surface area contributed by atoms with Crippen LogP contribution in [-0.4, -0.2) is 16.9 Å². The zero-order chi connectivity index (χ0) is 10.2. The van der Waals surface area contributed by atoms with Gasteiger partial charge >= 0.3 is 5.97 Å². The second kappa shape index (κ2) is 2.96. The molecule has 14 heavy (non-hydrogen) atoms. The number of carbonyl (C=O) groups is 1. The summed E-state index contributed by atoms with van der Waals surface area (Å²) in [5.41, 5.74) is 1.30. The summed E-state index contributed by atoms with van der Waals surface area (Å²) >= 11 is 0. The van der Waals surface area contributed by atoms with E-state index in [1.807, 2.05) is 30.3 Å². The Kier molecular flexibility index (Phi) is 1.89. The predicted molar refractivity (Wildman–Crippen MR) is 51.1 cm³/mol. The summed E-state index contributed by atoms with van der Waals surface area (Å²) in [6.45, 7) is 1.46. The van der Waals surface area contributed by atoms with E-state index in [4.69, 9.17) is 4.74 Å². The Morgan fingerprint density at radius 2 is 1.93 bits per heavy atom. The number of aliphatic hydroxyl groups is 1. The normalized spacial score (nSPS) is 25.9. The molecular weight excluding hydrogens is 180 g/mol. The van der Waals surface area contributed by atoms with E-state index in [0.29, 0.717) is 5.57 Å². The molecule has 0 aromatic heterocycles. The van der Waals surface area contributed by atoms with Gasteiger partial charge in [0.1, 0.15) is 0 Å². The molecule has 1 aliphatic rings. The van der Waals surface area contributed by atoms with E-state index >= 15 is 0 Å². The van der Waals surface area contributed by atoms with Gasteiger partial charge in [-0.15, -0.1) is 0 Å². The number of carbonyl (C=O) groups excluding carboxylic acids is 1. The van der Waals surface area contributed by atoms with Crippen LogP contribution >= 0.6 is 0 Å². The molecule has 2 rings (SSSR count). The highest BCUT2D eigenvalue weighted by molar-refractivity contribution is 5.97. The van der Waals surface area contributed by atoms with Gasteiger partial charge in [-0.2, -0.15) is 0 Å². The van der Waals surface area contributed by atoms with Crippen molar-refractivity contribution < 1.29 is 14.6 Å². The molecule has 1 aliphatic heterocycles. The van der Waals surface area contributed by atoms with Gasteiger partial charge in [0.05, 0.1) is 0 Å². The Morgan fingerprint density at radius 1 is 1.29 bits per heavy atom. The number of ether oxygens (including phenoxy) is 1.